The van der Waals surface area contributed by atoms with Gasteiger partial charge in [-0.05, 0) is 29.5 Å². The lowest BCUT2D eigenvalue weighted by Gasteiger charge is -1.97. The Morgan fingerprint density at radius 3 is 3.07 bits per heavy atom. The van der Waals surface area contributed by atoms with Crippen molar-refractivity contribution in [2.75, 3.05) is 13.3 Å². The van der Waals surface area contributed by atoms with Gasteiger partial charge in [0.15, 0.2) is 5.69 Å². The number of ether oxygens (including phenoxy) is 1. The molecule has 78 valence electrons. The minimum absolute atomic E-state index is 0.162. The first kappa shape index (κ1) is 11.4. The summed E-state index contributed by atoms with van der Waals surface area (Å²) < 4.78 is 18.8. The van der Waals surface area contributed by atoms with E-state index < -0.39 is 12.6 Å². The monoisotopic (exact) mass is 312 g/mol. The number of nitrogens with zero attached hydrogens (tertiary/aromatic N) is 2. The van der Waals surface area contributed by atoms with E-state index in [0.29, 0.717) is 10.2 Å². The molecule has 0 aromatic carbocycles. The second kappa shape index (κ2) is 5.28. The predicted octanol–water partition coefficient (Wildman–Crippen LogP) is 1.63. The van der Waals surface area contributed by atoms with Crippen LogP contribution in [-0.4, -0.2) is 29.0 Å². The molecule has 0 amide bonds. The zero-order valence-electron chi connectivity index (χ0n) is 7.67. The molecular formula is C8H10FIN2O2. The normalized spacial score (nSPS) is 10.2. The van der Waals surface area contributed by atoms with Crippen molar-refractivity contribution in [3.05, 3.63) is 15.5 Å². The lowest BCUT2D eigenvalue weighted by Crippen LogP contribution is -2.08. The summed E-state index contributed by atoms with van der Waals surface area (Å²) in [6, 6.07) is 0. The van der Waals surface area contributed by atoms with Gasteiger partial charge in [0.1, 0.15) is 6.67 Å². The molecule has 0 saturated heterocycles. The van der Waals surface area contributed by atoms with Crippen LogP contribution in [0.3, 0.4) is 0 Å². The molecule has 0 aliphatic carbocycles. The summed E-state index contributed by atoms with van der Waals surface area (Å²) in [4.78, 5) is 11.3. The van der Waals surface area contributed by atoms with Gasteiger partial charge >= 0.3 is 5.97 Å². The minimum Gasteiger partial charge on any atom is -0.461 e. The smallest absolute Gasteiger partial charge is 0.359 e. The van der Waals surface area contributed by atoms with Gasteiger partial charge < -0.3 is 4.74 Å². The Morgan fingerprint density at radius 1 is 1.79 bits per heavy atom. The molecule has 4 nitrogen and oxygen atoms in total. The van der Waals surface area contributed by atoms with E-state index in [1.165, 1.54) is 4.68 Å². The maximum absolute atomic E-state index is 12.0. The van der Waals surface area contributed by atoms with Crippen molar-refractivity contribution in [3.8, 4) is 0 Å². The maximum atomic E-state index is 12.0. The molecule has 0 aliphatic rings. The molecule has 0 radical (unpaired) electrons. The number of hydrogen-bond acceptors (Lipinski definition) is 3. The molecule has 14 heavy (non-hydrogen) atoms. The van der Waals surface area contributed by atoms with E-state index in [9.17, 15) is 9.18 Å². The van der Waals surface area contributed by atoms with Gasteiger partial charge in [-0.25, -0.2) is 9.18 Å². The van der Waals surface area contributed by atoms with Crippen LogP contribution in [0.1, 0.15) is 17.4 Å². The van der Waals surface area contributed by atoms with Crippen LogP contribution in [0.2, 0.25) is 0 Å². The zero-order chi connectivity index (χ0) is 10.6. The number of carbonyl (C=O) groups is 1. The SMILES string of the molecule is CCOC(=O)c1nn(CCF)cc1I. The second-order valence-corrected chi connectivity index (χ2v) is 3.66. The number of rotatable bonds is 4. The molecule has 6 heteroatoms. The molecular weight excluding hydrogens is 302 g/mol. The minimum atomic E-state index is -0.500. The van der Waals surface area contributed by atoms with Gasteiger partial charge in [0, 0.05) is 6.20 Å². The van der Waals surface area contributed by atoms with Crippen molar-refractivity contribution in [3.63, 3.8) is 0 Å². The van der Waals surface area contributed by atoms with Crippen molar-refractivity contribution in [1.82, 2.24) is 9.78 Å². The molecule has 0 N–H and O–H groups in total. The Labute approximate surface area is 94.6 Å². The molecule has 1 rings (SSSR count). The molecule has 0 bridgehead atoms. The van der Waals surface area contributed by atoms with Crippen LogP contribution in [0.5, 0.6) is 0 Å². The zero-order valence-corrected chi connectivity index (χ0v) is 9.82. The first-order chi connectivity index (χ1) is 6.69. The highest BCUT2D eigenvalue weighted by Gasteiger charge is 2.15. The fourth-order valence-corrected chi connectivity index (χ4v) is 1.59. The summed E-state index contributed by atoms with van der Waals surface area (Å²) in [5.74, 6) is -0.463. The van der Waals surface area contributed by atoms with Gasteiger partial charge in [-0.3, -0.25) is 4.68 Å². The van der Waals surface area contributed by atoms with E-state index in [1.54, 1.807) is 13.1 Å². The van der Waals surface area contributed by atoms with Crippen molar-refractivity contribution in [1.29, 1.82) is 0 Å². The third-order valence-corrected chi connectivity index (χ3v) is 2.29. The average Bonchev–Trinajstić information content (AvgIpc) is 2.48. The van der Waals surface area contributed by atoms with Crippen molar-refractivity contribution in [2.24, 2.45) is 0 Å². The Bertz CT molecular complexity index is 327. The van der Waals surface area contributed by atoms with Crippen LogP contribution in [0.25, 0.3) is 0 Å². The van der Waals surface area contributed by atoms with Gasteiger partial charge in [-0.15, -0.1) is 0 Å². The largest absolute Gasteiger partial charge is 0.461 e. The van der Waals surface area contributed by atoms with Crippen LogP contribution < -0.4 is 0 Å². The summed E-state index contributed by atoms with van der Waals surface area (Å²) in [7, 11) is 0. The van der Waals surface area contributed by atoms with E-state index in [4.69, 9.17) is 4.74 Å². The quantitative estimate of drug-likeness (QED) is 0.627. The van der Waals surface area contributed by atoms with Gasteiger partial charge in [0.25, 0.3) is 0 Å². The number of halogens is 2. The number of carbonyl (C=O) groups excluding carboxylic acids is 1. The molecule has 0 atom stereocenters. The molecule has 1 aromatic heterocycles. The van der Waals surface area contributed by atoms with E-state index in [0.717, 1.165) is 0 Å². The van der Waals surface area contributed by atoms with Gasteiger partial charge in [-0.2, -0.15) is 5.10 Å². The van der Waals surface area contributed by atoms with Crippen LogP contribution in [0.4, 0.5) is 4.39 Å². The summed E-state index contributed by atoms with van der Waals surface area (Å²) in [6.45, 7) is 1.70. The standard InChI is InChI=1S/C8H10FIN2O2/c1-2-14-8(13)7-6(10)5-12(11-7)4-3-9/h5H,2-4H2,1H3. The van der Waals surface area contributed by atoms with E-state index >= 15 is 0 Å². The second-order valence-electron chi connectivity index (χ2n) is 2.50. The molecule has 0 spiro atoms. The maximum Gasteiger partial charge on any atom is 0.359 e. The summed E-state index contributed by atoms with van der Waals surface area (Å²) in [5.41, 5.74) is 0.251. The van der Waals surface area contributed by atoms with Gasteiger partial charge in [0.05, 0.1) is 16.7 Å². The predicted molar refractivity (Wildman–Crippen MR) is 56.9 cm³/mol. The highest BCUT2D eigenvalue weighted by atomic mass is 127. The molecule has 1 heterocycles. The van der Waals surface area contributed by atoms with E-state index in [1.807, 2.05) is 22.6 Å². The highest BCUT2D eigenvalue weighted by molar-refractivity contribution is 14.1. The Balaban J connectivity index is 2.81. The fraction of sp³-hybridized carbons (Fsp3) is 0.500. The first-order valence-electron chi connectivity index (χ1n) is 4.15. The Morgan fingerprint density at radius 2 is 2.50 bits per heavy atom. The fourth-order valence-electron chi connectivity index (χ4n) is 0.936. The van der Waals surface area contributed by atoms with E-state index in [2.05, 4.69) is 5.10 Å². The van der Waals surface area contributed by atoms with Crippen LogP contribution >= 0.6 is 22.6 Å². The molecule has 0 unspecified atom stereocenters. The number of aromatic nitrogens is 2. The molecule has 0 aliphatic heterocycles. The molecule has 0 fully saturated rings. The summed E-state index contributed by atoms with van der Waals surface area (Å²) >= 11 is 1.97. The van der Waals surface area contributed by atoms with Gasteiger partial charge in [0.2, 0.25) is 0 Å². The Hall–Kier alpha value is -0.660. The number of alkyl halides is 1. The lowest BCUT2D eigenvalue weighted by molar-refractivity contribution is 0.0517. The van der Waals surface area contributed by atoms with Crippen LogP contribution in [0.15, 0.2) is 6.20 Å². The lowest BCUT2D eigenvalue weighted by atomic mass is 10.4. The average molecular weight is 312 g/mol. The van der Waals surface area contributed by atoms with E-state index in [-0.39, 0.29) is 12.2 Å². The topological polar surface area (TPSA) is 44.1 Å². The number of aryl methyl sites for hydroxylation is 1. The third kappa shape index (κ3) is 2.66. The third-order valence-electron chi connectivity index (χ3n) is 1.50. The summed E-state index contributed by atoms with van der Waals surface area (Å²) in [5, 5.41) is 3.91. The van der Waals surface area contributed by atoms with Crippen molar-refractivity contribution in [2.45, 2.75) is 13.5 Å². The van der Waals surface area contributed by atoms with Gasteiger partial charge in [-0.1, -0.05) is 0 Å². The Kier molecular flexibility index (Phi) is 4.30. The number of esters is 1. The van der Waals surface area contributed by atoms with Crippen molar-refractivity contribution < 1.29 is 13.9 Å². The molecule has 0 saturated carbocycles. The number of hydrogen-bond donors (Lipinski definition) is 0. The van der Waals surface area contributed by atoms with Crippen molar-refractivity contribution >= 4 is 28.6 Å². The summed E-state index contributed by atoms with van der Waals surface area (Å²) in [6.07, 6.45) is 1.62. The first-order valence-corrected chi connectivity index (χ1v) is 5.23. The highest BCUT2D eigenvalue weighted by Crippen LogP contribution is 2.11. The van der Waals surface area contributed by atoms with Crippen LogP contribution in [0, 0.1) is 3.57 Å². The molecule has 1 aromatic rings. The van der Waals surface area contributed by atoms with Crippen LogP contribution in [-0.2, 0) is 11.3 Å².